The van der Waals surface area contributed by atoms with Crippen LogP contribution in [0.4, 0.5) is 0 Å². The molecule has 0 saturated heterocycles. The maximum Gasteiger partial charge on any atom is 0.248 e. The van der Waals surface area contributed by atoms with Crippen LogP contribution >= 0.6 is 47.8 Å². The van der Waals surface area contributed by atoms with E-state index in [0.717, 1.165) is 13.4 Å². The molecule has 12 heavy (non-hydrogen) atoms. The number of amides is 1. The Morgan fingerprint density at radius 3 is 1.92 bits per heavy atom. The maximum atomic E-state index is 10.8. The predicted molar refractivity (Wildman–Crippen MR) is 58.1 cm³/mol. The number of carbonyl (C=O) groups is 1. The highest BCUT2D eigenvalue weighted by atomic mass is 79.9. The van der Waals surface area contributed by atoms with Gasteiger partial charge < -0.3 is 5.73 Å². The standard InChI is InChI=1S/C7H4Br3NO/c8-4-1-3(7(11)12)2-5(9)6(4)10/h1-2H,(H2,11,12). The van der Waals surface area contributed by atoms with E-state index >= 15 is 0 Å². The molecular formula is C7H4Br3NO. The Labute approximate surface area is 94.9 Å². The Balaban J connectivity index is 3.31. The summed E-state index contributed by atoms with van der Waals surface area (Å²) in [5.74, 6) is -0.441. The average molecular weight is 358 g/mol. The smallest absolute Gasteiger partial charge is 0.248 e. The van der Waals surface area contributed by atoms with Crippen LogP contribution < -0.4 is 5.73 Å². The summed E-state index contributed by atoms with van der Waals surface area (Å²) in [7, 11) is 0. The van der Waals surface area contributed by atoms with Gasteiger partial charge in [0.15, 0.2) is 0 Å². The molecule has 0 unspecified atom stereocenters. The summed E-state index contributed by atoms with van der Waals surface area (Å²) in [6.07, 6.45) is 0. The van der Waals surface area contributed by atoms with E-state index in [2.05, 4.69) is 47.8 Å². The Morgan fingerprint density at radius 1 is 1.17 bits per heavy atom. The molecule has 64 valence electrons. The lowest BCUT2D eigenvalue weighted by Gasteiger charge is -2.01. The largest absolute Gasteiger partial charge is 0.366 e. The fourth-order valence-electron chi connectivity index (χ4n) is 0.698. The molecule has 1 aromatic rings. The third kappa shape index (κ3) is 2.08. The molecule has 1 amide bonds. The zero-order chi connectivity index (χ0) is 9.30. The predicted octanol–water partition coefficient (Wildman–Crippen LogP) is 3.07. The Kier molecular flexibility index (Phi) is 3.31. The lowest BCUT2D eigenvalue weighted by Crippen LogP contribution is -2.10. The van der Waals surface area contributed by atoms with Gasteiger partial charge in [0.2, 0.25) is 5.91 Å². The van der Waals surface area contributed by atoms with Crippen LogP contribution in [0.1, 0.15) is 10.4 Å². The van der Waals surface area contributed by atoms with Gasteiger partial charge in [-0.2, -0.15) is 0 Å². The van der Waals surface area contributed by atoms with E-state index in [1.807, 2.05) is 0 Å². The van der Waals surface area contributed by atoms with Gasteiger partial charge in [-0.05, 0) is 59.9 Å². The van der Waals surface area contributed by atoms with Crippen LogP contribution in [0.25, 0.3) is 0 Å². The number of hydrogen-bond donors (Lipinski definition) is 1. The number of rotatable bonds is 1. The van der Waals surface area contributed by atoms with Crippen molar-refractivity contribution in [3.05, 3.63) is 31.1 Å². The Hall–Kier alpha value is 0.130. The average Bonchev–Trinajstić information content (AvgIpc) is 1.99. The maximum absolute atomic E-state index is 10.8. The van der Waals surface area contributed by atoms with Crippen LogP contribution in [0.5, 0.6) is 0 Å². The lowest BCUT2D eigenvalue weighted by atomic mass is 10.2. The number of nitrogens with two attached hydrogens (primary N) is 1. The first-order valence-corrected chi connectivity index (χ1v) is 5.34. The van der Waals surface area contributed by atoms with Gasteiger partial charge in [0.1, 0.15) is 0 Å². The van der Waals surface area contributed by atoms with Crippen molar-refractivity contribution in [2.75, 3.05) is 0 Å². The summed E-state index contributed by atoms with van der Waals surface area (Å²) in [6.45, 7) is 0. The van der Waals surface area contributed by atoms with Crippen LogP contribution in [-0.2, 0) is 0 Å². The zero-order valence-corrected chi connectivity index (χ0v) is 10.5. The molecule has 0 radical (unpaired) electrons. The molecule has 0 heterocycles. The minimum Gasteiger partial charge on any atom is -0.366 e. The van der Waals surface area contributed by atoms with E-state index in [1.54, 1.807) is 12.1 Å². The number of benzene rings is 1. The highest BCUT2D eigenvalue weighted by Gasteiger charge is 2.07. The quantitative estimate of drug-likeness (QED) is 0.771. The van der Waals surface area contributed by atoms with Crippen molar-refractivity contribution in [2.24, 2.45) is 5.73 Å². The van der Waals surface area contributed by atoms with E-state index in [4.69, 9.17) is 5.73 Å². The molecule has 0 fully saturated rings. The third-order valence-corrected chi connectivity index (χ3v) is 4.44. The van der Waals surface area contributed by atoms with E-state index < -0.39 is 5.91 Å². The third-order valence-electron chi connectivity index (χ3n) is 1.27. The van der Waals surface area contributed by atoms with Crippen LogP contribution in [0.15, 0.2) is 25.6 Å². The van der Waals surface area contributed by atoms with Crippen molar-refractivity contribution in [3.8, 4) is 0 Å². The van der Waals surface area contributed by atoms with E-state index in [9.17, 15) is 4.79 Å². The molecule has 2 nitrogen and oxygen atoms in total. The van der Waals surface area contributed by atoms with Gasteiger partial charge in [0, 0.05) is 19.0 Å². The number of primary amides is 1. The molecule has 0 bridgehead atoms. The van der Waals surface area contributed by atoms with Gasteiger partial charge in [-0.15, -0.1) is 0 Å². The molecule has 0 aromatic heterocycles. The second-order valence-corrected chi connectivity index (χ2v) is 4.62. The van der Waals surface area contributed by atoms with E-state index in [-0.39, 0.29) is 0 Å². The molecule has 0 atom stereocenters. The normalized spacial score (nSPS) is 9.92. The van der Waals surface area contributed by atoms with Crippen LogP contribution in [0, 0.1) is 0 Å². The van der Waals surface area contributed by atoms with Crippen molar-refractivity contribution in [2.45, 2.75) is 0 Å². The Morgan fingerprint density at radius 2 is 1.58 bits per heavy atom. The first-order chi connectivity index (χ1) is 5.52. The molecule has 5 heteroatoms. The number of halogens is 3. The highest BCUT2D eigenvalue weighted by molar-refractivity contribution is 9.14. The Bertz CT molecular complexity index is 314. The van der Waals surface area contributed by atoms with Gasteiger partial charge in [-0.25, -0.2) is 0 Å². The van der Waals surface area contributed by atoms with Crippen molar-refractivity contribution >= 4 is 53.7 Å². The first-order valence-electron chi connectivity index (χ1n) is 2.96. The molecular weight excluding hydrogens is 354 g/mol. The SMILES string of the molecule is NC(=O)c1cc(Br)c(Br)c(Br)c1. The van der Waals surface area contributed by atoms with Crippen molar-refractivity contribution in [3.63, 3.8) is 0 Å². The summed E-state index contributed by atoms with van der Waals surface area (Å²) in [6, 6.07) is 3.33. The summed E-state index contributed by atoms with van der Waals surface area (Å²) in [4.78, 5) is 10.8. The number of carbonyl (C=O) groups excluding carboxylic acids is 1. The van der Waals surface area contributed by atoms with Gasteiger partial charge in [0.05, 0.1) is 0 Å². The topological polar surface area (TPSA) is 43.1 Å². The fraction of sp³-hybridized carbons (Fsp3) is 0. The molecule has 0 saturated carbocycles. The second kappa shape index (κ2) is 3.89. The minimum atomic E-state index is -0.441. The van der Waals surface area contributed by atoms with Crippen molar-refractivity contribution in [1.82, 2.24) is 0 Å². The van der Waals surface area contributed by atoms with Crippen molar-refractivity contribution < 1.29 is 4.79 Å². The summed E-state index contributed by atoms with van der Waals surface area (Å²) >= 11 is 9.88. The summed E-state index contributed by atoms with van der Waals surface area (Å²) in [5, 5.41) is 0. The highest BCUT2D eigenvalue weighted by Crippen LogP contribution is 2.31. The molecule has 0 aliphatic rings. The van der Waals surface area contributed by atoms with Crippen LogP contribution in [-0.4, -0.2) is 5.91 Å². The summed E-state index contributed by atoms with van der Waals surface area (Å²) in [5.41, 5.74) is 5.58. The minimum absolute atomic E-state index is 0.441. The van der Waals surface area contributed by atoms with E-state index in [0.29, 0.717) is 5.56 Å². The molecule has 2 N–H and O–H groups in total. The van der Waals surface area contributed by atoms with Gasteiger partial charge in [-0.3, -0.25) is 4.79 Å². The van der Waals surface area contributed by atoms with Crippen molar-refractivity contribution in [1.29, 1.82) is 0 Å². The molecule has 0 aliphatic carbocycles. The summed E-state index contributed by atoms with van der Waals surface area (Å²) < 4.78 is 2.46. The van der Waals surface area contributed by atoms with Crippen LogP contribution in [0.3, 0.4) is 0 Å². The second-order valence-electron chi connectivity index (χ2n) is 2.12. The van der Waals surface area contributed by atoms with Gasteiger partial charge >= 0.3 is 0 Å². The molecule has 1 rings (SSSR count). The molecule has 0 aliphatic heterocycles. The number of hydrogen-bond acceptors (Lipinski definition) is 1. The van der Waals surface area contributed by atoms with Gasteiger partial charge in [0.25, 0.3) is 0 Å². The monoisotopic (exact) mass is 355 g/mol. The lowest BCUT2D eigenvalue weighted by molar-refractivity contribution is 0.1000. The van der Waals surface area contributed by atoms with Gasteiger partial charge in [-0.1, -0.05) is 0 Å². The van der Waals surface area contributed by atoms with Crippen LogP contribution in [0.2, 0.25) is 0 Å². The van der Waals surface area contributed by atoms with E-state index in [1.165, 1.54) is 0 Å². The zero-order valence-electron chi connectivity index (χ0n) is 5.77. The fourth-order valence-corrected chi connectivity index (χ4v) is 2.11. The molecule has 0 spiro atoms. The first kappa shape index (κ1) is 10.2. The molecule has 1 aromatic carbocycles.